The molecule has 1 aliphatic rings. The number of hydrogen-bond donors (Lipinski definition) is 1. The van der Waals surface area contributed by atoms with Crippen molar-refractivity contribution in [2.75, 3.05) is 5.33 Å². The monoisotopic (exact) mass is 455 g/mol. The minimum atomic E-state index is -4.47. The number of sulfonamides is 1. The van der Waals surface area contributed by atoms with E-state index < -0.39 is 21.8 Å². The van der Waals surface area contributed by atoms with Crippen LogP contribution in [0.4, 0.5) is 13.2 Å². The van der Waals surface area contributed by atoms with Gasteiger partial charge in [0.1, 0.15) is 0 Å². The van der Waals surface area contributed by atoms with Gasteiger partial charge in [0.2, 0.25) is 10.0 Å². The molecule has 2 rings (SSSR count). The maximum absolute atomic E-state index is 12.6. The fraction of sp³-hybridized carbons (Fsp3) is 0.667. The Balaban J connectivity index is 1.85. The molecule has 0 saturated heterocycles. The van der Waals surface area contributed by atoms with E-state index in [9.17, 15) is 21.6 Å². The first-order chi connectivity index (χ1) is 12.2. The Hall–Kier alpha value is -0.600. The van der Waals surface area contributed by atoms with Crippen molar-refractivity contribution in [1.29, 1.82) is 0 Å². The van der Waals surface area contributed by atoms with Crippen molar-refractivity contribution < 1.29 is 21.6 Å². The predicted octanol–water partition coefficient (Wildman–Crippen LogP) is 5.50. The van der Waals surface area contributed by atoms with E-state index in [4.69, 9.17) is 0 Å². The number of unbranched alkanes of at least 4 members (excludes halogenated alkanes) is 2. The van der Waals surface area contributed by atoms with Gasteiger partial charge in [-0.05, 0) is 62.3 Å². The lowest BCUT2D eigenvalue weighted by Gasteiger charge is -2.29. The molecule has 0 amide bonds. The Bertz CT molecular complexity index is 654. The zero-order chi connectivity index (χ0) is 19.2. The second-order valence-corrected chi connectivity index (χ2v) is 9.41. The van der Waals surface area contributed by atoms with Crippen LogP contribution in [0.2, 0.25) is 0 Å². The van der Waals surface area contributed by atoms with Gasteiger partial charge in [0.05, 0.1) is 10.5 Å². The molecule has 0 atom stereocenters. The number of nitrogens with one attached hydrogen (secondary N) is 1. The van der Waals surface area contributed by atoms with Crippen LogP contribution in [0.5, 0.6) is 0 Å². The lowest BCUT2D eigenvalue weighted by Crippen LogP contribution is -2.37. The second kappa shape index (κ2) is 9.55. The van der Waals surface area contributed by atoms with Crippen LogP contribution in [0.25, 0.3) is 0 Å². The molecule has 3 nitrogen and oxygen atoms in total. The molecule has 0 spiro atoms. The molecule has 0 heterocycles. The molecule has 0 unspecified atom stereocenters. The van der Waals surface area contributed by atoms with Crippen LogP contribution in [0.3, 0.4) is 0 Å². The van der Waals surface area contributed by atoms with Gasteiger partial charge >= 0.3 is 6.18 Å². The molecule has 8 heteroatoms. The molecular weight excluding hydrogens is 431 g/mol. The molecule has 1 aromatic carbocycles. The summed E-state index contributed by atoms with van der Waals surface area (Å²) in [6.07, 6.45) is 3.87. The first-order valence-corrected chi connectivity index (χ1v) is 11.6. The Morgan fingerprint density at radius 1 is 1.00 bits per heavy atom. The van der Waals surface area contributed by atoms with Crippen LogP contribution in [0, 0.1) is 5.92 Å². The summed E-state index contributed by atoms with van der Waals surface area (Å²) in [5.74, 6) is 0.650. The highest BCUT2D eigenvalue weighted by Gasteiger charge is 2.31. The molecule has 1 N–H and O–H groups in total. The van der Waals surface area contributed by atoms with Crippen molar-refractivity contribution >= 4 is 26.0 Å². The first-order valence-electron chi connectivity index (χ1n) is 8.98. The summed E-state index contributed by atoms with van der Waals surface area (Å²) >= 11 is 3.42. The highest BCUT2D eigenvalue weighted by molar-refractivity contribution is 9.09. The minimum Gasteiger partial charge on any atom is -0.208 e. The van der Waals surface area contributed by atoms with E-state index in [2.05, 4.69) is 20.7 Å². The topological polar surface area (TPSA) is 46.2 Å². The number of rotatable bonds is 8. The van der Waals surface area contributed by atoms with Crippen molar-refractivity contribution in [3.63, 3.8) is 0 Å². The van der Waals surface area contributed by atoms with Crippen molar-refractivity contribution in [2.24, 2.45) is 5.92 Å². The summed E-state index contributed by atoms with van der Waals surface area (Å²) in [4.78, 5) is -0.123. The SMILES string of the molecule is O=S(=O)(NC1CCC(CCCCCBr)CC1)c1ccc(C(F)(F)F)cc1. The Kier molecular flexibility index (Phi) is 7.97. The van der Waals surface area contributed by atoms with Crippen molar-refractivity contribution in [2.45, 2.75) is 68.5 Å². The summed E-state index contributed by atoms with van der Waals surface area (Å²) in [5.41, 5.74) is -0.850. The molecule has 0 aliphatic heterocycles. The summed E-state index contributed by atoms with van der Waals surface area (Å²) in [7, 11) is -3.79. The maximum Gasteiger partial charge on any atom is 0.416 e. The maximum atomic E-state index is 12.6. The summed E-state index contributed by atoms with van der Waals surface area (Å²) in [5, 5.41) is 1.03. The highest BCUT2D eigenvalue weighted by Crippen LogP contribution is 2.31. The lowest BCUT2D eigenvalue weighted by molar-refractivity contribution is -0.137. The van der Waals surface area contributed by atoms with Gasteiger partial charge < -0.3 is 0 Å². The van der Waals surface area contributed by atoms with Crippen LogP contribution in [-0.2, 0) is 16.2 Å². The normalized spacial score (nSPS) is 21.7. The zero-order valence-electron chi connectivity index (χ0n) is 14.6. The molecule has 1 fully saturated rings. The van der Waals surface area contributed by atoms with Crippen LogP contribution < -0.4 is 4.72 Å². The molecule has 1 aromatic rings. The van der Waals surface area contributed by atoms with Gasteiger partial charge in [0.15, 0.2) is 0 Å². The molecular formula is C18H25BrF3NO2S. The van der Waals surface area contributed by atoms with Crippen LogP contribution in [0.1, 0.15) is 56.9 Å². The largest absolute Gasteiger partial charge is 0.416 e. The molecule has 0 aromatic heterocycles. The van der Waals surface area contributed by atoms with E-state index >= 15 is 0 Å². The Labute approximate surface area is 161 Å². The second-order valence-electron chi connectivity index (χ2n) is 6.90. The van der Waals surface area contributed by atoms with Crippen molar-refractivity contribution in [1.82, 2.24) is 4.72 Å². The lowest BCUT2D eigenvalue weighted by atomic mass is 9.83. The average Bonchev–Trinajstić information content (AvgIpc) is 2.59. The molecule has 1 aliphatic carbocycles. The third-order valence-corrected chi connectivity index (χ3v) is 7.00. The van der Waals surface area contributed by atoms with E-state index in [1.54, 1.807) is 0 Å². The van der Waals surface area contributed by atoms with Gasteiger partial charge in [-0.3, -0.25) is 0 Å². The summed E-state index contributed by atoms with van der Waals surface area (Å²) in [6.45, 7) is 0. The third kappa shape index (κ3) is 6.53. The minimum absolute atomic E-state index is 0.123. The standard InChI is InChI=1S/C18H25BrF3NO2S/c19-13-3-1-2-4-14-5-9-16(10-6-14)23-26(24,25)17-11-7-15(8-12-17)18(20,21)22/h7-8,11-12,14,16,23H,1-6,9-10,13H2. The van der Waals surface area contributed by atoms with Gasteiger partial charge in [-0.25, -0.2) is 13.1 Å². The highest BCUT2D eigenvalue weighted by atomic mass is 79.9. The van der Waals surface area contributed by atoms with E-state index in [1.165, 1.54) is 25.7 Å². The van der Waals surface area contributed by atoms with Gasteiger partial charge in [-0.1, -0.05) is 35.2 Å². The van der Waals surface area contributed by atoms with Crippen molar-refractivity contribution in [3.8, 4) is 0 Å². The van der Waals surface area contributed by atoms with E-state index in [-0.39, 0.29) is 10.9 Å². The van der Waals surface area contributed by atoms with Gasteiger partial charge in [0, 0.05) is 11.4 Å². The zero-order valence-corrected chi connectivity index (χ0v) is 17.0. The third-order valence-electron chi connectivity index (χ3n) is 4.91. The van der Waals surface area contributed by atoms with Gasteiger partial charge in [-0.15, -0.1) is 0 Å². The number of halogens is 4. The average molecular weight is 456 g/mol. The smallest absolute Gasteiger partial charge is 0.208 e. The van der Waals surface area contributed by atoms with Crippen LogP contribution >= 0.6 is 15.9 Å². The van der Waals surface area contributed by atoms with Crippen LogP contribution in [-0.4, -0.2) is 19.8 Å². The molecule has 0 bridgehead atoms. The quantitative estimate of drug-likeness (QED) is 0.415. The summed E-state index contributed by atoms with van der Waals surface area (Å²) < 4.78 is 65.2. The molecule has 1 saturated carbocycles. The summed E-state index contributed by atoms with van der Waals surface area (Å²) in [6, 6.07) is 3.50. The fourth-order valence-electron chi connectivity index (χ4n) is 3.38. The first kappa shape index (κ1) is 21.7. The molecule has 0 radical (unpaired) electrons. The van der Waals surface area contributed by atoms with Gasteiger partial charge in [0.25, 0.3) is 0 Å². The van der Waals surface area contributed by atoms with Gasteiger partial charge in [-0.2, -0.15) is 13.2 Å². The van der Waals surface area contributed by atoms with E-state index in [0.717, 1.165) is 55.3 Å². The molecule has 148 valence electrons. The Morgan fingerprint density at radius 3 is 2.15 bits per heavy atom. The fourth-order valence-corrected chi connectivity index (χ4v) is 5.09. The number of alkyl halides is 4. The van der Waals surface area contributed by atoms with Crippen LogP contribution in [0.15, 0.2) is 29.2 Å². The van der Waals surface area contributed by atoms with E-state index in [1.807, 2.05) is 0 Å². The number of hydrogen-bond acceptors (Lipinski definition) is 2. The predicted molar refractivity (Wildman–Crippen MR) is 99.8 cm³/mol. The van der Waals surface area contributed by atoms with Crippen molar-refractivity contribution in [3.05, 3.63) is 29.8 Å². The Morgan fingerprint density at radius 2 is 1.62 bits per heavy atom. The van der Waals surface area contributed by atoms with E-state index in [0.29, 0.717) is 5.92 Å². The molecule has 26 heavy (non-hydrogen) atoms. The number of benzene rings is 1.